The summed E-state index contributed by atoms with van der Waals surface area (Å²) < 4.78 is 0. The lowest BCUT2D eigenvalue weighted by Crippen LogP contribution is -2.59. The number of hydrogen-bond donors (Lipinski definition) is 7. The Morgan fingerprint density at radius 1 is 0.633 bits per heavy atom. The van der Waals surface area contributed by atoms with Gasteiger partial charge < -0.3 is 49.1 Å². The quantitative estimate of drug-likeness (QED) is 0.0461. The van der Waals surface area contributed by atoms with Gasteiger partial charge in [-0.1, -0.05) is 48.5 Å². The van der Waals surface area contributed by atoms with Crippen molar-refractivity contribution in [2.75, 3.05) is 47.8 Å². The number of unbranched alkanes of at least 4 members (excludes halogenated alkanes) is 1. The summed E-state index contributed by atoms with van der Waals surface area (Å²) in [5.74, 6) is -1.83. The van der Waals surface area contributed by atoms with Crippen LogP contribution < -0.4 is 39.3 Å². The van der Waals surface area contributed by atoms with Gasteiger partial charge in [-0.15, -0.1) is 0 Å². The fourth-order valence-corrected chi connectivity index (χ4v) is 7.91. The van der Waals surface area contributed by atoms with E-state index in [1.807, 2.05) is 86.5 Å². The van der Waals surface area contributed by atoms with Crippen molar-refractivity contribution in [3.63, 3.8) is 0 Å². The second-order valence-corrected chi connectivity index (χ2v) is 16.0. The third-order valence-electron chi connectivity index (χ3n) is 11.2. The van der Waals surface area contributed by atoms with Gasteiger partial charge in [0.2, 0.25) is 29.5 Å². The van der Waals surface area contributed by atoms with Crippen LogP contribution in [0.15, 0.2) is 58.5 Å². The number of fused-ring (bicyclic) bond motifs is 2. The van der Waals surface area contributed by atoms with E-state index < -0.39 is 42.0 Å². The molecule has 0 saturated heterocycles. The molecule has 4 rings (SSSR count). The Kier molecular flexibility index (Phi) is 17.7. The monoisotopic (exact) mass is 832 g/mol. The number of primary amides is 1. The van der Waals surface area contributed by atoms with Crippen LogP contribution in [-0.4, -0.2) is 139 Å². The Morgan fingerprint density at radius 2 is 1.07 bits per heavy atom. The number of nitrogens with zero attached hydrogens (tertiary/aromatic N) is 6. The first kappa shape index (κ1) is 46.9. The molecule has 0 unspecified atom stereocenters. The number of carbonyl (C=O) groups excluding carboxylic acids is 5. The summed E-state index contributed by atoms with van der Waals surface area (Å²) in [5.41, 5.74) is 31.6. The van der Waals surface area contributed by atoms with Crippen LogP contribution in [0.2, 0.25) is 0 Å². The lowest BCUT2D eigenvalue weighted by Gasteiger charge is -2.39. The largest absolute Gasteiger partial charge is 0.370 e. The van der Waals surface area contributed by atoms with Crippen molar-refractivity contribution in [1.82, 2.24) is 30.2 Å². The van der Waals surface area contributed by atoms with Crippen molar-refractivity contribution in [2.24, 2.45) is 38.7 Å². The van der Waals surface area contributed by atoms with E-state index in [9.17, 15) is 24.0 Å². The van der Waals surface area contributed by atoms with Crippen molar-refractivity contribution < 1.29 is 24.0 Å². The highest BCUT2D eigenvalue weighted by Crippen LogP contribution is 2.27. The third kappa shape index (κ3) is 13.1. The fraction of sp³-hybridized carbons (Fsp3) is 0.548. The molecule has 18 heteroatoms. The normalized spacial score (nSPS) is 17.4. The minimum absolute atomic E-state index is 0.00381. The molecule has 0 bridgehead atoms. The van der Waals surface area contributed by atoms with E-state index >= 15 is 0 Å². The summed E-state index contributed by atoms with van der Waals surface area (Å²) in [6, 6.07) is 11.9. The zero-order valence-corrected chi connectivity index (χ0v) is 35.5. The Morgan fingerprint density at radius 3 is 1.48 bits per heavy atom. The molecule has 0 fully saturated rings. The maximum Gasteiger partial charge on any atom is 0.243 e. The number of hydrogen-bond acceptors (Lipinski definition) is 9. The molecular formula is C42H65N13O5. The molecule has 0 spiro atoms. The molecule has 0 saturated carbocycles. The molecule has 12 N–H and O–H groups in total. The fourth-order valence-electron chi connectivity index (χ4n) is 7.91. The second-order valence-electron chi connectivity index (χ2n) is 16.0. The van der Waals surface area contributed by atoms with E-state index in [1.165, 1.54) is 0 Å². The van der Waals surface area contributed by atoms with E-state index in [4.69, 9.17) is 28.7 Å². The molecule has 2 aliphatic rings. The van der Waals surface area contributed by atoms with Gasteiger partial charge in [-0.25, -0.2) is 0 Å². The van der Waals surface area contributed by atoms with Crippen LogP contribution in [0.4, 0.5) is 0 Å². The standard InChI is InChI=1S/C42H65N13O5/c1-52(2)32(18-11-21-49-41(44)45)39(59)54-25-29-15-7-5-13-27(29)23-34(54)37(57)48-20-10-9-17-31(36(43)56)51-38(58)35-24-28-14-6-8-16-30(28)26-55(35)40(60)33(53(3)4)19-12-22-50-42(46)47/h5-8,13-16,31-35H,9-12,17-26H2,1-4H3,(H2,43,56)(H,48,57)(H,51,58)(H4,44,45,49)(H4,46,47,50)/t31-,32-,33-,34-,35-/m0/s1. The number of guanidine groups is 2. The summed E-state index contributed by atoms with van der Waals surface area (Å²) in [4.78, 5) is 83.7. The van der Waals surface area contributed by atoms with Gasteiger partial charge in [0.15, 0.2) is 11.9 Å². The Hall–Kier alpha value is -5.75. The number of carbonyl (C=O) groups is 5. The first-order valence-corrected chi connectivity index (χ1v) is 20.6. The maximum absolute atomic E-state index is 14.1. The number of benzene rings is 2. The lowest BCUT2D eigenvalue weighted by molar-refractivity contribution is -0.146. The highest BCUT2D eigenvalue weighted by atomic mass is 16.2. The Labute approximate surface area is 353 Å². The number of rotatable bonds is 21. The molecule has 2 aromatic carbocycles. The predicted octanol–water partition coefficient (Wildman–Crippen LogP) is -0.882. The van der Waals surface area contributed by atoms with Crippen LogP contribution >= 0.6 is 0 Å². The van der Waals surface area contributed by atoms with Crippen molar-refractivity contribution in [1.29, 1.82) is 0 Å². The summed E-state index contributed by atoms with van der Waals surface area (Å²) >= 11 is 0. The maximum atomic E-state index is 14.1. The molecule has 2 aliphatic heterocycles. The molecule has 0 aromatic heterocycles. The Bertz CT molecular complexity index is 1860. The molecule has 5 amide bonds. The third-order valence-corrected chi connectivity index (χ3v) is 11.2. The van der Waals surface area contributed by atoms with Crippen LogP contribution in [-0.2, 0) is 49.9 Å². The first-order chi connectivity index (χ1) is 28.6. The van der Waals surface area contributed by atoms with E-state index in [1.54, 1.807) is 9.80 Å². The highest BCUT2D eigenvalue weighted by Gasteiger charge is 2.40. The lowest BCUT2D eigenvalue weighted by atomic mass is 9.92. The van der Waals surface area contributed by atoms with Crippen molar-refractivity contribution in [3.8, 4) is 0 Å². The Balaban J connectivity index is 1.38. The highest BCUT2D eigenvalue weighted by molar-refractivity contribution is 5.93. The molecule has 18 nitrogen and oxygen atoms in total. The summed E-state index contributed by atoms with van der Waals surface area (Å²) in [5, 5.41) is 5.84. The van der Waals surface area contributed by atoms with Crippen LogP contribution in [0.1, 0.15) is 67.2 Å². The predicted molar refractivity (Wildman–Crippen MR) is 232 cm³/mol. The van der Waals surface area contributed by atoms with Gasteiger partial charge in [0.25, 0.3) is 0 Å². The molecule has 0 radical (unpaired) electrons. The van der Waals surface area contributed by atoms with E-state index in [0.29, 0.717) is 64.6 Å². The van der Waals surface area contributed by atoms with E-state index in [-0.39, 0.29) is 55.6 Å². The number of nitrogens with one attached hydrogen (secondary N) is 2. The van der Waals surface area contributed by atoms with E-state index in [2.05, 4.69) is 20.6 Å². The van der Waals surface area contributed by atoms with Crippen LogP contribution in [0.5, 0.6) is 0 Å². The number of nitrogens with two attached hydrogens (primary N) is 5. The molecular weight excluding hydrogens is 767 g/mol. The van der Waals surface area contributed by atoms with Gasteiger partial charge >= 0.3 is 0 Å². The summed E-state index contributed by atoms with van der Waals surface area (Å²) in [7, 11) is 7.30. The molecule has 60 heavy (non-hydrogen) atoms. The smallest absolute Gasteiger partial charge is 0.243 e. The van der Waals surface area contributed by atoms with E-state index in [0.717, 1.165) is 22.3 Å². The van der Waals surface area contributed by atoms with Gasteiger partial charge in [-0.05, 0) is 95.4 Å². The second kappa shape index (κ2) is 22.6. The molecule has 5 atom stereocenters. The van der Waals surface area contributed by atoms with Crippen LogP contribution in [0.3, 0.4) is 0 Å². The van der Waals surface area contributed by atoms with Gasteiger partial charge in [0, 0.05) is 45.6 Å². The topological polar surface area (TPSA) is 277 Å². The average molecular weight is 832 g/mol. The van der Waals surface area contributed by atoms with Crippen LogP contribution in [0.25, 0.3) is 0 Å². The van der Waals surface area contributed by atoms with Gasteiger partial charge in [-0.3, -0.25) is 43.8 Å². The first-order valence-electron chi connectivity index (χ1n) is 20.6. The molecule has 0 aliphatic carbocycles. The zero-order chi connectivity index (χ0) is 43.9. The van der Waals surface area contributed by atoms with Crippen molar-refractivity contribution in [2.45, 2.75) is 101 Å². The van der Waals surface area contributed by atoms with Gasteiger partial charge in [0.05, 0.1) is 12.1 Å². The average Bonchev–Trinajstić information content (AvgIpc) is 3.20. The molecule has 328 valence electrons. The number of amides is 5. The van der Waals surface area contributed by atoms with Crippen molar-refractivity contribution in [3.05, 3.63) is 70.8 Å². The SMILES string of the molecule is CN(C)[C@@H](CCCN=C(N)N)C(=O)N1Cc2ccccc2C[C@H]1C(=O)NCCCC[C@H](NC(=O)[C@@H]1Cc2ccccc2CN1C(=O)[C@H](CCCN=C(N)N)N(C)C)C(N)=O. The zero-order valence-electron chi connectivity index (χ0n) is 35.5. The summed E-state index contributed by atoms with van der Waals surface area (Å²) in [6.07, 6.45) is 3.94. The van der Waals surface area contributed by atoms with Gasteiger partial charge in [0.1, 0.15) is 18.1 Å². The van der Waals surface area contributed by atoms with Crippen molar-refractivity contribution >= 4 is 41.5 Å². The minimum atomic E-state index is -0.996. The molecule has 2 aromatic rings. The summed E-state index contributed by atoms with van der Waals surface area (Å²) in [6.45, 7) is 1.57. The van der Waals surface area contributed by atoms with Crippen LogP contribution in [0, 0.1) is 0 Å². The minimum Gasteiger partial charge on any atom is -0.370 e. The number of likely N-dealkylation sites (N-methyl/N-ethyl adjacent to an activating group) is 2. The van der Waals surface area contributed by atoms with Gasteiger partial charge in [-0.2, -0.15) is 0 Å². The molecule has 2 heterocycles. The number of aliphatic imine (C=N–C) groups is 2.